The molecule has 0 fully saturated rings. The number of carbonyl (C=O) groups is 2. The molecule has 0 amide bonds. The third-order valence-electron chi connectivity index (χ3n) is 1.84. The van der Waals surface area contributed by atoms with Gasteiger partial charge in [0.2, 0.25) is 0 Å². The van der Waals surface area contributed by atoms with Crippen molar-refractivity contribution >= 4 is 23.3 Å². The summed E-state index contributed by atoms with van der Waals surface area (Å²) >= 11 is 0. The molecule has 0 saturated heterocycles. The molecule has 0 aromatic heterocycles. The van der Waals surface area contributed by atoms with Gasteiger partial charge in [0, 0.05) is 11.4 Å². The van der Waals surface area contributed by atoms with Gasteiger partial charge in [-0.15, -0.1) is 0 Å². The number of carbonyl (C=O) groups excluding carboxylic acids is 1. The van der Waals surface area contributed by atoms with Crippen LogP contribution in [0.2, 0.25) is 0 Å². The Bertz CT molecular complexity index is 411. The first-order valence-corrected chi connectivity index (χ1v) is 4.50. The van der Waals surface area contributed by atoms with Gasteiger partial charge in [-0.3, -0.25) is 0 Å². The predicted octanol–water partition coefficient (Wildman–Crippen LogP) is 0.481. The SMILES string of the molecule is CC(OC(=O)c1cc(N)cc(N)c1)C(=O)O. The topological polar surface area (TPSA) is 116 Å². The Kier molecular flexibility index (Phi) is 3.34. The number of esters is 1. The van der Waals surface area contributed by atoms with Crippen molar-refractivity contribution in [1.82, 2.24) is 0 Å². The van der Waals surface area contributed by atoms with Gasteiger partial charge in [0.1, 0.15) is 0 Å². The number of nitrogens with two attached hydrogens (primary N) is 2. The summed E-state index contributed by atoms with van der Waals surface area (Å²) < 4.78 is 4.66. The minimum Gasteiger partial charge on any atom is -0.479 e. The molecule has 6 heteroatoms. The molecule has 0 bridgehead atoms. The molecule has 86 valence electrons. The third-order valence-corrected chi connectivity index (χ3v) is 1.84. The molecular formula is C10H12N2O4. The fraction of sp³-hybridized carbons (Fsp3) is 0.200. The average molecular weight is 224 g/mol. The molecule has 0 spiro atoms. The maximum Gasteiger partial charge on any atom is 0.344 e. The van der Waals surface area contributed by atoms with Crippen LogP contribution in [0.25, 0.3) is 0 Å². The molecule has 0 aliphatic carbocycles. The van der Waals surface area contributed by atoms with E-state index in [1.54, 1.807) is 0 Å². The van der Waals surface area contributed by atoms with Crippen LogP contribution in [0.3, 0.4) is 0 Å². The number of ether oxygens (including phenoxy) is 1. The monoisotopic (exact) mass is 224 g/mol. The van der Waals surface area contributed by atoms with Crippen molar-refractivity contribution in [3.8, 4) is 0 Å². The van der Waals surface area contributed by atoms with Gasteiger partial charge in [0.25, 0.3) is 0 Å². The number of nitrogen functional groups attached to an aromatic ring is 2. The predicted molar refractivity (Wildman–Crippen MR) is 57.8 cm³/mol. The number of hydrogen-bond donors (Lipinski definition) is 3. The second kappa shape index (κ2) is 4.52. The van der Waals surface area contributed by atoms with E-state index in [2.05, 4.69) is 4.74 Å². The largest absolute Gasteiger partial charge is 0.479 e. The van der Waals surface area contributed by atoms with E-state index >= 15 is 0 Å². The molecule has 16 heavy (non-hydrogen) atoms. The lowest BCUT2D eigenvalue weighted by atomic mass is 10.2. The first kappa shape index (κ1) is 11.8. The van der Waals surface area contributed by atoms with Crippen molar-refractivity contribution in [2.24, 2.45) is 0 Å². The molecule has 1 unspecified atom stereocenters. The van der Waals surface area contributed by atoms with Gasteiger partial charge >= 0.3 is 11.9 Å². The number of rotatable bonds is 3. The smallest absolute Gasteiger partial charge is 0.344 e. The normalized spacial score (nSPS) is 11.8. The number of benzene rings is 1. The average Bonchev–Trinajstić information content (AvgIpc) is 2.15. The summed E-state index contributed by atoms with van der Waals surface area (Å²) in [6, 6.07) is 4.22. The maximum absolute atomic E-state index is 11.5. The quantitative estimate of drug-likeness (QED) is 0.508. The Labute approximate surface area is 91.8 Å². The first-order valence-electron chi connectivity index (χ1n) is 4.50. The van der Waals surface area contributed by atoms with Crippen molar-refractivity contribution in [3.63, 3.8) is 0 Å². The van der Waals surface area contributed by atoms with E-state index in [9.17, 15) is 9.59 Å². The summed E-state index contributed by atoms with van der Waals surface area (Å²) in [5, 5.41) is 8.56. The maximum atomic E-state index is 11.5. The van der Waals surface area contributed by atoms with E-state index in [-0.39, 0.29) is 5.56 Å². The van der Waals surface area contributed by atoms with E-state index in [4.69, 9.17) is 16.6 Å². The van der Waals surface area contributed by atoms with Crippen LogP contribution in [0.15, 0.2) is 18.2 Å². The number of carboxylic acid groups (broad SMARTS) is 1. The lowest BCUT2D eigenvalue weighted by molar-refractivity contribution is -0.146. The van der Waals surface area contributed by atoms with Crippen molar-refractivity contribution in [1.29, 1.82) is 0 Å². The van der Waals surface area contributed by atoms with Gasteiger partial charge in [-0.25, -0.2) is 9.59 Å². The molecule has 0 aliphatic heterocycles. The highest BCUT2D eigenvalue weighted by molar-refractivity contribution is 5.93. The first-order chi connectivity index (χ1) is 7.40. The fourth-order valence-electron chi connectivity index (χ4n) is 1.07. The van der Waals surface area contributed by atoms with Crippen molar-refractivity contribution in [3.05, 3.63) is 23.8 Å². The van der Waals surface area contributed by atoms with Gasteiger partial charge in [0.15, 0.2) is 6.10 Å². The molecule has 0 saturated carbocycles. The van der Waals surface area contributed by atoms with Crippen molar-refractivity contribution in [2.45, 2.75) is 13.0 Å². The molecule has 1 rings (SSSR count). The van der Waals surface area contributed by atoms with Gasteiger partial charge in [-0.05, 0) is 25.1 Å². The van der Waals surface area contributed by atoms with Gasteiger partial charge in [-0.1, -0.05) is 0 Å². The highest BCUT2D eigenvalue weighted by atomic mass is 16.6. The van der Waals surface area contributed by atoms with Gasteiger partial charge < -0.3 is 21.3 Å². The summed E-state index contributed by atoms with van der Waals surface area (Å²) in [7, 11) is 0. The molecule has 6 nitrogen and oxygen atoms in total. The van der Waals surface area contributed by atoms with Gasteiger partial charge in [0.05, 0.1) is 5.56 Å². The zero-order valence-electron chi connectivity index (χ0n) is 8.64. The summed E-state index contributed by atoms with van der Waals surface area (Å²) in [5.74, 6) is -1.99. The van der Waals surface area contributed by atoms with Crippen LogP contribution in [0.5, 0.6) is 0 Å². The zero-order valence-corrected chi connectivity index (χ0v) is 8.64. The molecule has 0 heterocycles. The lowest BCUT2D eigenvalue weighted by Gasteiger charge is -2.09. The standard InChI is InChI=1S/C10H12N2O4/c1-5(9(13)14)16-10(15)6-2-7(11)4-8(12)3-6/h2-5H,11-12H2,1H3,(H,13,14). The number of hydrogen-bond acceptors (Lipinski definition) is 5. The molecule has 1 aromatic carbocycles. The van der Waals surface area contributed by atoms with E-state index in [1.807, 2.05) is 0 Å². The van der Waals surface area contributed by atoms with Crippen LogP contribution < -0.4 is 11.5 Å². The van der Waals surface area contributed by atoms with E-state index in [1.165, 1.54) is 25.1 Å². The fourth-order valence-corrected chi connectivity index (χ4v) is 1.07. The van der Waals surface area contributed by atoms with Crippen LogP contribution in [0.1, 0.15) is 17.3 Å². The van der Waals surface area contributed by atoms with Crippen LogP contribution in [0, 0.1) is 0 Å². The number of aliphatic carboxylic acids is 1. The molecule has 1 aromatic rings. The van der Waals surface area contributed by atoms with E-state index in [0.29, 0.717) is 11.4 Å². The Morgan fingerprint density at radius 2 is 1.75 bits per heavy atom. The second-order valence-corrected chi connectivity index (χ2v) is 3.27. The second-order valence-electron chi connectivity index (χ2n) is 3.27. The summed E-state index contributed by atoms with van der Waals surface area (Å²) in [5.41, 5.74) is 11.7. The van der Waals surface area contributed by atoms with Crippen LogP contribution in [0.4, 0.5) is 11.4 Å². The van der Waals surface area contributed by atoms with Gasteiger partial charge in [-0.2, -0.15) is 0 Å². The third kappa shape index (κ3) is 2.88. The van der Waals surface area contributed by atoms with Crippen LogP contribution >= 0.6 is 0 Å². The summed E-state index contributed by atoms with van der Waals surface area (Å²) in [4.78, 5) is 21.9. The molecule has 0 aliphatic rings. The summed E-state index contributed by atoms with van der Waals surface area (Å²) in [6.07, 6.45) is -1.21. The van der Waals surface area contributed by atoms with E-state index in [0.717, 1.165) is 0 Å². The van der Waals surface area contributed by atoms with E-state index < -0.39 is 18.0 Å². The number of anilines is 2. The van der Waals surface area contributed by atoms with Crippen molar-refractivity contribution < 1.29 is 19.4 Å². The highest BCUT2D eigenvalue weighted by Gasteiger charge is 2.18. The van der Waals surface area contributed by atoms with Crippen LogP contribution in [-0.2, 0) is 9.53 Å². The molecular weight excluding hydrogens is 212 g/mol. The Morgan fingerprint density at radius 1 is 1.25 bits per heavy atom. The molecule has 0 radical (unpaired) electrons. The summed E-state index contributed by atoms with van der Waals surface area (Å²) in [6.45, 7) is 1.26. The Morgan fingerprint density at radius 3 is 2.19 bits per heavy atom. The highest BCUT2D eigenvalue weighted by Crippen LogP contribution is 2.15. The molecule has 1 atom stereocenters. The Balaban J connectivity index is 2.84. The minimum atomic E-state index is -1.22. The minimum absolute atomic E-state index is 0.130. The zero-order chi connectivity index (χ0) is 12.3. The van der Waals surface area contributed by atoms with Crippen molar-refractivity contribution in [2.75, 3.05) is 11.5 Å². The lowest BCUT2D eigenvalue weighted by Crippen LogP contribution is -2.23. The van der Waals surface area contributed by atoms with Crippen LogP contribution in [-0.4, -0.2) is 23.1 Å². The molecule has 5 N–H and O–H groups in total. The number of carboxylic acids is 1. The Hall–Kier alpha value is -2.24.